The van der Waals surface area contributed by atoms with Crippen LogP contribution in [0.25, 0.3) is 11.3 Å². The zero-order valence-electron chi connectivity index (χ0n) is 8.16. The molecule has 0 fully saturated rings. The van der Waals surface area contributed by atoms with Crippen molar-refractivity contribution in [2.24, 2.45) is 0 Å². The second-order valence-corrected chi connectivity index (χ2v) is 3.48. The zero-order valence-corrected chi connectivity index (χ0v) is 8.92. The normalized spacial score (nSPS) is 11.5. The van der Waals surface area contributed by atoms with Crippen molar-refractivity contribution in [2.45, 2.75) is 6.36 Å². The summed E-state index contributed by atoms with van der Waals surface area (Å²) in [7, 11) is 0. The Morgan fingerprint density at radius 2 is 2.00 bits per heavy atom. The number of nitrogens with zero attached hydrogens (tertiary/aromatic N) is 1. The first-order valence-corrected chi connectivity index (χ1v) is 4.79. The van der Waals surface area contributed by atoms with Crippen molar-refractivity contribution in [3.05, 3.63) is 35.6 Å². The number of hydrogen-bond acceptors (Lipinski definition) is 3. The number of aromatic nitrogens is 1. The third kappa shape index (κ3) is 2.91. The molecule has 0 bridgehead atoms. The maximum Gasteiger partial charge on any atom is 0.573 e. The maximum absolute atomic E-state index is 12.0. The second kappa shape index (κ2) is 4.29. The third-order valence-electron chi connectivity index (χ3n) is 1.89. The highest BCUT2D eigenvalue weighted by Gasteiger charge is 2.32. The fraction of sp³-hybridized carbons (Fsp3) is 0.100. The number of benzene rings is 1. The molecule has 17 heavy (non-hydrogen) atoms. The summed E-state index contributed by atoms with van der Waals surface area (Å²) < 4.78 is 44.3. The summed E-state index contributed by atoms with van der Waals surface area (Å²) in [6, 6.07) is 5.42. The van der Waals surface area contributed by atoms with Gasteiger partial charge in [0.2, 0.25) is 0 Å². The molecule has 0 radical (unpaired) electrons. The van der Waals surface area contributed by atoms with E-state index in [9.17, 15) is 13.2 Å². The van der Waals surface area contributed by atoms with Gasteiger partial charge < -0.3 is 9.26 Å². The van der Waals surface area contributed by atoms with Crippen LogP contribution >= 0.6 is 11.6 Å². The van der Waals surface area contributed by atoms with Gasteiger partial charge in [-0.25, -0.2) is 0 Å². The molecule has 1 aromatic heterocycles. The lowest BCUT2D eigenvalue weighted by atomic mass is 10.1. The summed E-state index contributed by atoms with van der Waals surface area (Å²) in [5, 5.41) is 3.49. The van der Waals surface area contributed by atoms with Gasteiger partial charge in [-0.1, -0.05) is 16.8 Å². The van der Waals surface area contributed by atoms with Gasteiger partial charge in [0.15, 0.2) is 0 Å². The molecule has 1 heterocycles. The Balaban J connectivity index is 2.29. The summed E-state index contributed by atoms with van der Waals surface area (Å²) in [6.45, 7) is 0. The zero-order chi connectivity index (χ0) is 12.5. The van der Waals surface area contributed by atoms with Gasteiger partial charge in [0.05, 0.1) is 5.02 Å². The Kier molecular flexibility index (Phi) is 2.97. The van der Waals surface area contributed by atoms with Gasteiger partial charge in [0, 0.05) is 11.6 Å². The van der Waals surface area contributed by atoms with Crippen molar-refractivity contribution in [3.63, 3.8) is 0 Å². The molecule has 0 aliphatic carbocycles. The van der Waals surface area contributed by atoms with E-state index in [4.69, 9.17) is 11.6 Å². The van der Waals surface area contributed by atoms with Crippen molar-refractivity contribution in [3.8, 4) is 17.0 Å². The van der Waals surface area contributed by atoms with Gasteiger partial charge >= 0.3 is 6.36 Å². The highest BCUT2D eigenvalue weighted by Crippen LogP contribution is 2.33. The van der Waals surface area contributed by atoms with Gasteiger partial charge in [-0.15, -0.1) is 13.2 Å². The van der Waals surface area contributed by atoms with Crippen molar-refractivity contribution < 1.29 is 22.4 Å². The lowest BCUT2D eigenvalue weighted by Gasteiger charge is -2.10. The minimum Gasteiger partial charge on any atom is -0.404 e. The summed E-state index contributed by atoms with van der Waals surface area (Å²) >= 11 is 5.67. The predicted molar refractivity (Wildman–Crippen MR) is 53.6 cm³/mol. The molecular formula is C10H5ClF3NO2. The SMILES string of the molecule is FC(F)(F)Oc1ccc(-c2ccon2)cc1Cl. The third-order valence-corrected chi connectivity index (χ3v) is 2.19. The molecule has 0 saturated heterocycles. The molecule has 0 unspecified atom stereocenters. The van der Waals surface area contributed by atoms with Crippen LogP contribution in [-0.2, 0) is 0 Å². The van der Waals surface area contributed by atoms with Crippen molar-refractivity contribution in [2.75, 3.05) is 0 Å². The van der Waals surface area contributed by atoms with Gasteiger partial charge in [-0.2, -0.15) is 0 Å². The highest BCUT2D eigenvalue weighted by atomic mass is 35.5. The Morgan fingerprint density at radius 1 is 1.24 bits per heavy atom. The molecule has 1 aromatic carbocycles. The summed E-state index contributed by atoms with van der Waals surface area (Å²) in [4.78, 5) is 0. The van der Waals surface area contributed by atoms with Crippen LogP contribution in [0, 0.1) is 0 Å². The molecule has 2 aromatic rings. The second-order valence-electron chi connectivity index (χ2n) is 3.08. The lowest BCUT2D eigenvalue weighted by Crippen LogP contribution is -2.17. The molecule has 2 rings (SSSR count). The quantitative estimate of drug-likeness (QED) is 0.824. The molecule has 0 atom stereocenters. The highest BCUT2D eigenvalue weighted by molar-refractivity contribution is 6.32. The first-order chi connectivity index (χ1) is 7.96. The average Bonchev–Trinajstić information content (AvgIpc) is 2.72. The molecule has 0 aliphatic rings. The van der Waals surface area contributed by atoms with E-state index in [-0.39, 0.29) is 5.02 Å². The van der Waals surface area contributed by atoms with Gasteiger partial charge in [-0.3, -0.25) is 0 Å². The summed E-state index contributed by atoms with van der Waals surface area (Å²) in [5.41, 5.74) is 1.02. The number of rotatable bonds is 2. The van der Waals surface area contributed by atoms with Gasteiger partial charge in [-0.05, 0) is 18.2 Å². The largest absolute Gasteiger partial charge is 0.573 e. The van der Waals surface area contributed by atoms with Crippen LogP contribution in [0.2, 0.25) is 5.02 Å². The maximum atomic E-state index is 12.0. The molecule has 0 spiro atoms. The predicted octanol–water partition coefficient (Wildman–Crippen LogP) is 3.89. The number of alkyl halides is 3. The van der Waals surface area contributed by atoms with Crippen LogP contribution in [0.4, 0.5) is 13.2 Å². The molecule has 7 heteroatoms. The fourth-order valence-electron chi connectivity index (χ4n) is 1.23. The first-order valence-electron chi connectivity index (χ1n) is 4.42. The topological polar surface area (TPSA) is 35.3 Å². The van der Waals surface area contributed by atoms with Crippen LogP contribution in [0.1, 0.15) is 0 Å². The molecule has 0 aliphatic heterocycles. The summed E-state index contributed by atoms with van der Waals surface area (Å²) in [6.07, 6.45) is -3.41. The molecule has 0 saturated carbocycles. The van der Waals surface area contributed by atoms with E-state index >= 15 is 0 Å². The Labute approximate surface area is 98.7 Å². The van der Waals surface area contributed by atoms with Gasteiger partial charge in [0.1, 0.15) is 17.7 Å². The standard InChI is InChI=1S/C10H5ClF3NO2/c11-7-5-6(8-3-4-16-15-8)1-2-9(7)17-10(12,13)14/h1-5H. The molecular weight excluding hydrogens is 259 g/mol. The van der Waals surface area contributed by atoms with E-state index in [0.29, 0.717) is 11.3 Å². The van der Waals surface area contributed by atoms with Crippen LogP contribution in [0.5, 0.6) is 5.75 Å². The number of ether oxygens (including phenoxy) is 1. The first kappa shape index (κ1) is 11.8. The average molecular weight is 264 g/mol. The molecule has 0 amide bonds. The van der Waals surface area contributed by atoms with Crippen LogP contribution < -0.4 is 4.74 Å². The number of halogens is 4. The Hall–Kier alpha value is -1.69. The summed E-state index contributed by atoms with van der Waals surface area (Å²) in [5.74, 6) is -0.452. The molecule has 3 nitrogen and oxygen atoms in total. The minimum absolute atomic E-state index is 0.150. The van der Waals surface area contributed by atoms with E-state index in [1.165, 1.54) is 18.4 Å². The van der Waals surface area contributed by atoms with Crippen LogP contribution in [0.15, 0.2) is 35.1 Å². The van der Waals surface area contributed by atoms with E-state index in [1.54, 1.807) is 6.07 Å². The lowest BCUT2D eigenvalue weighted by molar-refractivity contribution is -0.274. The monoisotopic (exact) mass is 263 g/mol. The molecule has 0 N–H and O–H groups in total. The van der Waals surface area contributed by atoms with E-state index in [2.05, 4.69) is 14.4 Å². The fourth-order valence-corrected chi connectivity index (χ4v) is 1.45. The number of hydrogen-bond donors (Lipinski definition) is 0. The molecule has 90 valence electrons. The van der Waals surface area contributed by atoms with Crippen molar-refractivity contribution in [1.29, 1.82) is 0 Å². The van der Waals surface area contributed by atoms with Crippen molar-refractivity contribution in [1.82, 2.24) is 5.16 Å². The van der Waals surface area contributed by atoms with E-state index in [1.807, 2.05) is 0 Å². The van der Waals surface area contributed by atoms with E-state index in [0.717, 1.165) is 6.07 Å². The Morgan fingerprint density at radius 3 is 2.53 bits per heavy atom. The van der Waals surface area contributed by atoms with Gasteiger partial charge in [0.25, 0.3) is 0 Å². The van der Waals surface area contributed by atoms with Crippen LogP contribution in [-0.4, -0.2) is 11.5 Å². The minimum atomic E-state index is -4.76. The van der Waals surface area contributed by atoms with E-state index < -0.39 is 12.1 Å². The smallest absolute Gasteiger partial charge is 0.404 e. The van der Waals surface area contributed by atoms with Crippen LogP contribution in [0.3, 0.4) is 0 Å². The van der Waals surface area contributed by atoms with Crippen molar-refractivity contribution >= 4 is 11.6 Å². The Bertz CT molecular complexity index is 511.